The van der Waals surface area contributed by atoms with Gasteiger partial charge in [-0.15, -0.1) is 0 Å². The summed E-state index contributed by atoms with van der Waals surface area (Å²) in [5, 5.41) is 23.1. The number of amides is 3. The Morgan fingerprint density at radius 3 is 2.22 bits per heavy atom. The smallest absolute Gasteiger partial charge is 0.326 e. The number of carbonyl (C=O) groups is 5. The van der Waals surface area contributed by atoms with E-state index in [2.05, 4.69) is 10.6 Å². The molecule has 0 saturated heterocycles. The molecule has 0 heterocycles. The normalized spacial score (nSPS) is 18.9. The zero-order valence-electron chi connectivity index (χ0n) is 18.7. The molecule has 0 bridgehead atoms. The zero-order valence-corrected chi connectivity index (χ0v) is 18.7. The SMILES string of the molecule is CN(CC(=O)N[C@@H](CCCCN)C(=O)O)C(=O)C1CCC(CNC(=O)CCC(=O)O)CC1. The molecule has 1 aliphatic carbocycles. The van der Waals surface area contributed by atoms with Crippen LogP contribution in [0.25, 0.3) is 0 Å². The maximum absolute atomic E-state index is 12.7. The lowest BCUT2D eigenvalue weighted by molar-refractivity contribution is -0.143. The molecule has 11 heteroatoms. The number of likely N-dealkylation sites (N-methyl/N-ethyl adjacent to an activating group) is 1. The van der Waals surface area contributed by atoms with Crippen molar-refractivity contribution in [3.05, 3.63) is 0 Å². The number of rotatable bonds is 14. The van der Waals surface area contributed by atoms with Crippen LogP contribution in [0.3, 0.4) is 0 Å². The Balaban J connectivity index is 2.37. The lowest BCUT2D eigenvalue weighted by Gasteiger charge is -2.30. The molecule has 11 nitrogen and oxygen atoms in total. The van der Waals surface area contributed by atoms with E-state index in [4.69, 9.17) is 10.8 Å². The topological polar surface area (TPSA) is 179 Å². The van der Waals surface area contributed by atoms with Gasteiger partial charge in [0.05, 0.1) is 13.0 Å². The number of hydrogen-bond acceptors (Lipinski definition) is 6. The Hall–Kier alpha value is -2.69. The van der Waals surface area contributed by atoms with Crippen molar-refractivity contribution in [2.24, 2.45) is 17.6 Å². The van der Waals surface area contributed by atoms with Crippen molar-refractivity contribution >= 4 is 29.7 Å². The number of unbranched alkanes of at least 4 members (excludes halogenated alkanes) is 1. The van der Waals surface area contributed by atoms with Crippen LogP contribution in [0.1, 0.15) is 57.8 Å². The number of nitrogens with zero attached hydrogens (tertiary/aromatic N) is 1. The van der Waals surface area contributed by atoms with Gasteiger partial charge in [0, 0.05) is 25.9 Å². The van der Waals surface area contributed by atoms with E-state index in [-0.39, 0.29) is 49.5 Å². The number of nitrogens with two attached hydrogens (primary N) is 1. The molecule has 1 saturated carbocycles. The molecule has 32 heavy (non-hydrogen) atoms. The van der Waals surface area contributed by atoms with Crippen LogP contribution in [0.5, 0.6) is 0 Å². The second kappa shape index (κ2) is 14.4. The van der Waals surface area contributed by atoms with Crippen LogP contribution in [0.2, 0.25) is 0 Å². The van der Waals surface area contributed by atoms with E-state index in [1.54, 1.807) is 0 Å². The lowest BCUT2D eigenvalue weighted by Crippen LogP contribution is -2.47. The summed E-state index contributed by atoms with van der Waals surface area (Å²) in [6.45, 7) is 0.703. The maximum atomic E-state index is 12.7. The minimum Gasteiger partial charge on any atom is -0.481 e. The molecule has 1 atom stereocenters. The molecular formula is C21H36N4O7. The number of nitrogens with one attached hydrogen (secondary N) is 2. The minimum atomic E-state index is -1.11. The van der Waals surface area contributed by atoms with Crippen LogP contribution in [0, 0.1) is 11.8 Å². The first-order chi connectivity index (χ1) is 15.1. The Kier molecular flexibility index (Phi) is 12.3. The minimum absolute atomic E-state index is 0.0498. The first kappa shape index (κ1) is 27.3. The monoisotopic (exact) mass is 456 g/mol. The summed E-state index contributed by atoms with van der Waals surface area (Å²) in [6, 6.07) is -1.00. The van der Waals surface area contributed by atoms with Crippen molar-refractivity contribution in [1.29, 1.82) is 0 Å². The van der Waals surface area contributed by atoms with Gasteiger partial charge in [-0.2, -0.15) is 0 Å². The standard InChI is InChI=1S/C21H36N4O7/c1-25(13-18(27)24-16(21(31)32)4-2-3-11-22)20(30)15-7-5-14(6-8-15)12-23-17(26)9-10-19(28)29/h14-16H,2-13,22H2,1H3,(H,23,26)(H,24,27)(H,28,29)(H,31,32)/t14?,15?,16-/m0/s1. The summed E-state index contributed by atoms with van der Waals surface area (Å²) in [5.41, 5.74) is 5.41. The third kappa shape index (κ3) is 10.6. The van der Waals surface area contributed by atoms with Crippen LogP contribution in [0.15, 0.2) is 0 Å². The van der Waals surface area contributed by atoms with Crippen molar-refractivity contribution in [3.63, 3.8) is 0 Å². The number of carboxylic acids is 2. The van der Waals surface area contributed by atoms with E-state index < -0.39 is 23.9 Å². The van der Waals surface area contributed by atoms with E-state index in [1.807, 2.05) is 0 Å². The molecule has 0 radical (unpaired) electrons. The van der Waals surface area contributed by atoms with Gasteiger partial charge in [0.1, 0.15) is 6.04 Å². The first-order valence-corrected chi connectivity index (χ1v) is 11.1. The predicted molar refractivity (Wildman–Crippen MR) is 115 cm³/mol. The molecule has 0 aromatic rings. The van der Waals surface area contributed by atoms with E-state index in [1.165, 1.54) is 11.9 Å². The highest BCUT2D eigenvalue weighted by molar-refractivity contribution is 5.88. The molecule has 0 aromatic carbocycles. The van der Waals surface area contributed by atoms with Gasteiger partial charge in [0.15, 0.2) is 0 Å². The summed E-state index contributed by atoms with van der Waals surface area (Å²) < 4.78 is 0. The molecule has 1 aliphatic rings. The van der Waals surface area contributed by atoms with E-state index >= 15 is 0 Å². The maximum Gasteiger partial charge on any atom is 0.326 e. The Labute approximate surface area is 188 Å². The fourth-order valence-electron chi connectivity index (χ4n) is 3.78. The van der Waals surface area contributed by atoms with Gasteiger partial charge in [-0.05, 0) is 57.4 Å². The van der Waals surface area contributed by atoms with Crippen molar-refractivity contribution in [1.82, 2.24) is 15.5 Å². The summed E-state index contributed by atoms with van der Waals surface area (Å²) in [5.74, 6) is -3.07. The van der Waals surface area contributed by atoms with Crippen LogP contribution in [0.4, 0.5) is 0 Å². The molecule has 0 unspecified atom stereocenters. The molecule has 6 N–H and O–H groups in total. The number of carbonyl (C=O) groups excluding carboxylic acids is 3. The lowest BCUT2D eigenvalue weighted by atomic mass is 9.81. The van der Waals surface area contributed by atoms with Crippen molar-refractivity contribution in [2.75, 3.05) is 26.7 Å². The van der Waals surface area contributed by atoms with Crippen LogP contribution >= 0.6 is 0 Å². The van der Waals surface area contributed by atoms with Gasteiger partial charge in [-0.25, -0.2) is 4.79 Å². The zero-order chi connectivity index (χ0) is 24.1. The molecular weight excluding hydrogens is 420 g/mol. The summed E-state index contributed by atoms with van der Waals surface area (Å²) in [4.78, 5) is 59.7. The van der Waals surface area contributed by atoms with Crippen molar-refractivity contribution < 1.29 is 34.2 Å². The quantitative estimate of drug-likeness (QED) is 0.225. The molecule has 0 aromatic heterocycles. The Morgan fingerprint density at radius 1 is 1.00 bits per heavy atom. The second-order valence-corrected chi connectivity index (χ2v) is 8.35. The molecule has 0 spiro atoms. The number of hydrogen-bond donors (Lipinski definition) is 5. The van der Waals surface area contributed by atoms with E-state index in [9.17, 15) is 29.1 Å². The average molecular weight is 457 g/mol. The molecule has 182 valence electrons. The predicted octanol–water partition coefficient (Wildman–Crippen LogP) is -0.0694. The third-order valence-corrected chi connectivity index (χ3v) is 5.69. The van der Waals surface area contributed by atoms with E-state index in [0.29, 0.717) is 38.8 Å². The first-order valence-electron chi connectivity index (χ1n) is 11.1. The van der Waals surface area contributed by atoms with Gasteiger partial charge in [-0.3, -0.25) is 19.2 Å². The molecule has 1 rings (SSSR count). The van der Waals surface area contributed by atoms with Crippen molar-refractivity contribution in [2.45, 2.75) is 63.8 Å². The fourth-order valence-corrected chi connectivity index (χ4v) is 3.78. The summed E-state index contributed by atoms with van der Waals surface area (Å²) in [7, 11) is 1.53. The molecule has 1 fully saturated rings. The van der Waals surface area contributed by atoms with Gasteiger partial charge in [0.25, 0.3) is 0 Å². The van der Waals surface area contributed by atoms with Crippen LogP contribution in [-0.4, -0.2) is 77.5 Å². The van der Waals surface area contributed by atoms with Crippen LogP contribution in [-0.2, 0) is 24.0 Å². The molecule has 0 aliphatic heterocycles. The fraction of sp³-hybridized carbons (Fsp3) is 0.762. The van der Waals surface area contributed by atoms with Gasteiger partial charge in [-0.1, -0.05) is 0 Å². The van der Waals surface area contributed by atoms with Gasteiger partial charge in [0.2, 0.25) is 17.7 Å². The van der Waals surface area contributed by atoms with E-state index in [0.717, 1.165) is 12.8 Å². The third-order valence-electron chi connectivity index (χ3n) is 5.69. The molecule has 3 amide bonds. The summed E-state index contributed by atoms with van der Waals surface area (Å²) >= 11 is 0. The van der Waals surface area contributed by atoms with Crippen LogP contribution < -0.4 is 16.4 Å². The number of aliphatic carboxylic acids is 2. The highest BCUT2D eigenvalue weighted by Gasteiger charge is 2.29. The van der Waals surface area contributed by atoms with Crippen molar-refractivity contribution in [3.8, 4) is 0 Å². The average Bonchev–Trinajstić information content (AvgIpc) is 2.75. The Bertz CT molecular complexity index is 663. The summed E-state index contributed by atoms with van der Waals surface area (Å²) in [6.07, 6.45) is 4.06. The second-order valence-electron chi connectivity index (χ2n) is 8.35. The largest absolute Gasteiger partial charge is 0.481 e. The van der Waals surface area contributed by atoms with Gasteiger partial charge < -0.3 is 31.5 Å². The highest BCUT2D eigenvalue weighted by atomic mass is 16.4. The number of carboxylic acid groups (broad SMARTS) is 2. The Morgan fingerprint density at radius 2 is 1.66 bits per heavy atom. The highest BCUT2D eigenvalue weighted by Crippen LogP contribution is 2.29. The van der Waals surface area contributed by atoms with Gasteiger partial charge >= 0.3 is 11.9 Å².